The minimum atomic E-state index is 0.0745. The lowest BCUT2D eigenvalue weighted by atomic mass is 10.0. The molecular weight excluding hydrogens is 454 g/mol. The summed E-state index contributed by atoms with van der Waals surface area (Å²) in [7, 11) is 1.64. The molecule has 0 bridgehead atoms. The van der Waals surface area contributed by atoms with Crippen LogP contribution in [0.2, 0.25) is 0 Å². The van der Waals surface area contributed by atoms with Gasteiger partial charge >= 0.3 is 0 Å². The summed E-state index contributed by atoms with van der Waals surface area (Å²) in [5.74, 6) is 1.48. The summed E-state index contributed by atoms with van der Waals surface area (Å²) in [6, 6.07) is 15.8. The fourth-order valence-electron chi connectivity index (χ4n) is 4.74. The molecule has 0 spiro atoms. The molecule has 2 aliphatic rings. The van der Waals surface area contributed by atoms with Crippen molar-refractivity contribution in [2.24, 2.45) is 0 Å². The van der Waals surface area contributed by atoms with Gasteiger partial charge in [-0.15, -0.1) is 0 Å². The van der Waals surface area contributed by atoms with E-state index in [2.05, 4.69) is 20.2 Å². The van der Waals surface area contributed by atoms with Crippen LogP contribution in [0.15, 0.2) is 60.9 Å². The molecule has 0 radical (unpaired) electrons. The minimum absolute atomic E-state index is 0.0745. The number of carbonyl (C=O) groups excluding carboxylic acids is 2. The number of nitrogens with zero attached hydrogens (tertiary/aromatic N) is 4. The molecule has 8 nitrogen and oxygen atoms in total. The Hall–Kier alpha value is -3.94. The fourth-order valence-corrected chi connectivity index (χ4v) is 4.74. The first-order valence-corrected chi connectivity index (χ1v) is 12.4. The molecule has 1 aliphatic heterocycles. The van der Waals surface area contributed by atoms with Gasteiger partial charge in [0.1, 0.15) is 5.75 Å². The number of carbonyl (C=O) groups is 2. The molecule has 5 rings (SSSR count). The highest BCUT2D eigenvalue weighted by Crippen LogP contribution is 2.33. The van der Waals surface area contributed by atoms with Crippen molar-refractivity contribution in [1.29, 1.82) is 0 Å². The highest BCUT2D eigenvalue weighted by molar-refractivity contribution is 5.95. The number of rotatable bonds is 7. The van der Waals surface area contributed by atoms with E-state index >= 15 is 0 Å². The molecule has 1 saturated carbocycles. The first kappa shape index (κ1) is 23.8. The smallest absolute Gasteiger partial charge is 0.254 e. The van der Waals surface area contributed by atoms with Gasteiger partial charge in [-0.3, -0.25) is 9.59 Å². The molecule has 36 heavy (non-hydrogen) atoms. The van der Waals surface area contributed by atoms with Crippen molar-refractivity contribution in [3.63, 3.8) is 0 Å². The van der Waals surface area contributed by atoms with E-state index in [1.165, 1.54) is 0 Å². The maximum absolute atomic E-state index is 13.4. The van der Waals surface area contributed by atoms with Crippen LogP contribution in [0.5, 0.6) is 5.75 Å². The number of piperidine rings is 1. The third kappa shape index (κ3) is 5.32. The van der Waals surface area contributed by atoms with Gasteiger partial charge in [0, 0.05) is 61.3 Å². The van der Waals surface area contributed by atoms with E-state index in [1.807, 2.05) is 53.4 Å². The maximum atomic E-state index is 13.4. The van der Waals surface area contributed by atoms with E-state index in [9.17, 15) is 9.59 Å². The average Bonchev–Trinajstić information content (AvgIpc) is 3.75. The number of ether oxygens (including phenoxy) is 1. The summed E-state index contributed by atoms with van der Waals surface area (Å²) in [6.07, 6.45) is 7.35. The van der Waals surface area contributed by atoms with Gasteiger partial charge in [-0.2, -0.15) is 0 Å². The monoisotopic (exact) mass is 485 g/mol. The topological polar surface area (TPSA) is 87.7 Å². The van der Waals surface area contributed by atoms with Crippen LogP contribution in [0.25, 0.3) is 11.1 Å². The standard InChI is InChI=1S/C28H31N5O3/c1-19(34)32-15-13-25(14-16-32)33(24-9-10-24)27(35)21-3-7-23(8-4-21)31-28-29-17-22(18-30-28)20-5-11-26(36-2)12-6-20/h3-8,11-12,17-18,24-25H,9-10,13-16H2,1-2H3,(H,29,30,31). The number of amides is 2. The van der Waals surface area contributed by atoms with E-state index in [1.54, 1.807) is 26.4 Å². The van der Waals surface area contributed by atoms with E-state index in [0.717, 1.165) is 61.3 Å². The number of methoxy groups -OCH3 is 1. The zero-order chi connectivity index (χ0) is 25.1. The second-order valence-electron chi connectivity index (χ2n) is 9.41. The van der Waals surface area contributed by atoms with Crippen molar-refractivity contribution in [3.05, 3.63) is 66.5 Å². The Morgan fingerprint density at radius 3 is 2.06 bits per heavy atom. The predicted molar refractivity (Wildman–Crippen MR) is 138 cm³/mol. The maximum Gasteiger partial charge on any atom is 0.254 e. The summed E-state index contributed by atoms with van der Waals surface area (Å²) in [5.41, 5.74) is 3.42. The zero-order valence-corrected chi connectivity index (χ0v) is 20.7. The van der Waals surface area contributed by atoms with E-state index in [0.29, 0.717) is 17.6 Å². The predicted octanol–water partition coefficient (Wildman–Crippen LogP) is 4.51. The minimum Gasteiger partial charge on any atom is -0.497 e. The SMILES string of the molecule is COc1ccc(-c2cnc(Nc3ccc(C(=O)N(C4CC4)C4CCN(C(C)=O)CC4)cc3)nc2)cc1. The molecule has 2 aromatic carbocycles. The molecule has 0 unspecified atom stereocenters. The van der Waals surface area contributed by atoms with Crippen LogP contribution >= 0.6 is 0 Å². The van der Waals surface area contributed by atoms with Gasteiger partial charge in [-0.25, -0.2) is 9.97 Å². The zero-order valence-electron chi connectivity index (χ0n) is 20.7. The number of likely N-dealkylation sites (tertiary alicyclic amines) is 1. The highest BCUT2D eigenvalue weighted by Gasteiger charge is 2.39. The Morgan fingerprint density at radius 2 is 1.50 bits per heavy atom. The fraction of sp³-hybridized carbons (Fsp3) is 0.357. The molecule has 2 heterocycles. The van der Waals surface area contributed by atoms with Crippen molar-refractivity contribution < 1.29 is 14.3 Å². The number of hydrogen-bond acceptors (Lipinski definition) is 6. The van der Waals surface area contributed by atoms with Crippen LogP contribution < -0.4 is 10.1 Å². The van der Waals surface area contributed by atoms with Crippen molar-refractivity contribution in [1.82, 2.24) is 19.8 Å². The second kappa shape index (κ2) is 10.4. The molecule has 0 atom stereocenters. The van der Waals surface area contributed by atoms with Gasteiger partial charge in [0.05, 0.1) is 7.11 Å². The molecule has 1 saturated heterocycles. The molecule has 2 amide bonds. The summed E-state index contributed by atoms with van der Waals surface area (Å²) in [4.78, 5) is 37.9. The van der Waals surface area contributed by atoms with E-state index in [4.69, 9.17) is 4.74 Å². The van der Waals surface area contributed by atoms with Crippen LogP contribution in [0.1, 0.15) is 43.0 Å². The summed E-state index contributed by atoms with van der Waals surface area (Å²) in [6.45, 7) is 3.05. The number of nitrogens with one attached hydrogen (secondary N) is 1. The van der Waals surface area contributed by atoms with Crippen molar-refractivity contribution in [2.45, 2.75) is 44.7 Å². The Labute approximate surface area is 211 Å². The normalized spacial score (nSPS) is 15.9. The Morgan fingerprint density at radius 1 is 0.889 bits per heavy atom. The van der Waals surface area contributed by atoms with Gasteiger partial charge in [0.25, 0.3) is 5.91 Å². The van der Waals surface area contributed by atoms with Crippen LogP contribution in [0.4, 0.5) is 11.6 Å². The lowest BCUT2D eigenvalue weighted by Gasteiger charge is -2.38. The molecular formula is C28H31N5O3. The van der Waals surface area contributed by atoms with Crippen molar-refractivity contribution >= 4 is 23.5 Å². The average molecular weight is 486 g/mol. The number of benzene rings is 2. The van der Waals surface area contributed by atoms with E-state index < -0.39 is 0 Å². The molecule has 1 aliphatic carbocycles. The lowest BCUT2D eigenvalue weighted by Crippen LogP contribution is -2.49. The number of hydrogen-bond donors (Lipinski definition) is 1. The molecule has 3 aromatic rings. The highest BCUT2D eigenvalue weighted by atomic mass is 16.5. The third-order valence-corrected chi connectivity index (χ3v) is 6.94. The quantitative estimate of drug-likeness (QED) is 0.530. The third-order valence-electron chi connectivity index (χ3n) is 6.94. The van der Waals surface area contributed by atoms with Gasteiger partial charge in [0.15, 0.2) is 0 Å². The number of anilines is 2. The summed E-state index contributed by atoms with van der Waals surface area (Å²) >= 11 is 0. The van der Waals surface area contributed by atoms with Gasteiger partial charge in [0.2, 0.25) is 11.9 Å². The Bertz CT molecular complexity index is 1200. The first-order valence-electron chi connectivity index (χ1n) is 12.4. The Kier molecular flexibility index (Phi) is 6.84. The molecule has 2 fully saturated rings. The van der Waals surface area contributed by atoms with Crippen LogP contribution in [0, 0.1) is 0 Å². The second-order valence-corrected chi connectivity index (χ2v) is 9.41. The number of aromatic nitrogens is 2. The molecule has 1 N–H and O–H groups in total. The Balaban J connectivity index is 1.22. The van der Waals surface area contributed by atoms with Gasteiger partial charge in [-0.05, 0) is 67.6 Å². The van der Waals surface area contributed by atoms with E-state index in [-0.39, 0.29) is 17.9 Å². The van der Waals surface area contributed by atoms with Crippen LogP contribution in [-0.2, 0) is 4.79 Å². The molecule has 186 valence electrons. The first-order chi connectivity index (χ1) is 17.5. The van der Waals surface area contributed by atoms with Crippen molar-refractivity contribution in [3.8, 4) is 16.9 Å². The van der Waals surface area contributed by atoms with Crippen molar-refractivity contribution in [2.75, 3.05) is 25.5 Å². The summed E-state index contributed by atoms with van der Waals surface area (Å²) < 4.78 is 5.21. The van der Waals surface area contributed by atoms with Gasteiger partial charge < -0.3 is 19.9 Å². The lowest BCUT2D eigenvalue weighted by molar-refractivity contribution is -0.130. The largest absolute Gasteiger partial charge is 0.497 e. The molecule has 8 heteroatoms. The summed E-state index contributed by atoms with van der Waals surface area (Å²) in [5, 5.41) is 3.21. The van der Waals surface area contributed by atoms with Crippen LogP contribution in [-0.4, -0.2) is 63.9 Å². The molecule has 1 aromatic heterocycles. The van der Waals surface area contributed by atoms with Gasteiger partial charge in [-0.1, -0.05) is 12.1 Å². The van der Waals surface area contributed by atoms with Crippen LogP contribution in [0.3, 0.4) is 0 Å².